The van der Waals surface area contributed by atoms with Gasteiger partial charge >= 0.3 is 0 Å². The summed E-state index contributed by atoms with van der Waals surface area (Å²) < 4.78 is 8.14. The summed E-state index contributed by atoms with van der Waals surface area (Å²) in [5, 5.41) is 0. The molecule has 1 aliphatic rings. The van der Waals surface area contributed by atoms with Gasteiger partial charge in [-0.1, -0.05) is 25.7 Å². The summed E-state index contributed by atoms with van der Waals surface area (Å²) in [5.74, 6) is 0.559. The third-order valence-corrected chi connectivity index (χ3v) is 4.15. The minimum absolute atomic E-state index is 0.448. The minimum Gasteiger partial charge on any atom is -0.479 e. The molecule has 0 amide bonds. The number of rotatable bonds is 2. The quantitative estimate of drug-likeness (QED) is 0.675. The average Bonchev–Trinajstić information content (AvgIpc) is 2.62. The van der Waals surface area contributed by atoms with Crippen molar-refractivity contribution in [2.24, 2.45) is 0 Å². The summed E-state index contributed by atoms with van der Waals surface area (Å²) in [6, 6.07) is 0.448. The number of hydrogen-bond donors (Lipinski definition) is 1. The molecule has 19 heavy (non-hydrogen) atoms. The number of H-pyrrole nitrogens is 1. The molecule has 0 radical (unpaired) electrons. The number of imidazole rings is 1. The van der Waals surface area contributed by atoms with Crippen molar-refractivity contribution >= 4 is 23.4 Å². The lowest BCUT2D eigenvalue weighted by atomic mass is 10.1. The molecule has 0 spiro atoms. The van der Waals surface area contributed by atoms with E-state index in [0.29, 0.717) is 11.9 Å². The fourth-order valence-corrected chi connectivity index (χ4v) is 3.26. The largest absolute Gasteiger partial charge is 0.479 e. The van der Waals surface area contributed by atoms with Crippen molar-refractivity contribution in [2.45, 2.75) is 44.6 Å². The zero-order chi connectivity index (χ0) is 13.2. The molecule has 0 aromatic carbocycles. The highest BCUT2D eigenvalue weighted by Gasteiger charge is 2.20. The van der Waals surface area contributed by atoms with E-state index in [-0.39, 0.29) is 0 Å². The van der Waals surface area contributed by atoms with Crippen LogP contribution in [0.5, 0.6) is 5.88 Å². The van der Waals surface area contributed by atoms with Crippen LogP contribution in [0.1, 0.15) is 44.6 Å². The Morgan fingerprint density at radius 1 is 1.26 bits per heavy atom. The van der Waals surface area contributed by atoms with Crippen LogP contribution in [0.2, 0.25) is 0 Å². The normalized spacial score (nSPS) is 17.5. The van der Waals surface area contributed by atoms with Crippen LogP contribution in [0.3, 0.4) is 0 Å². The molecular weight excluding hydrogens is 260 g/mol. The van der Waals surface area contributed by atoms with Crippen LogP contribution < -0.4 is 4.74 Å². The molecule has 2 heterocycles. The molecule has 0 unspecified atom stereocenters. The van der Waals surface area contributed by atoms with Crippen LogP contribution in [0.25, 0.3) is 11.2 Å². The van der Waals surface area contributed by atoms with Gasteiger partial charge in [0.1, 0.15) is 11.8 Å². The molecule has 0 bridgehead atoms. The highest BCUT2D eigenvalue weighted by atomic mass is 32.1. The molecule has 2 aromatic heterocycles. The smallest absolute Gasteiger partial charge is 0.242 e. The number of aromatic nitrogens is 4. The maximum atomic E-state index is 5.47. The molecule has 102 valence electrons. The third-order valence-electron chi connectivity index (χ3n) is 3.85. The Morgan fingerprint density at radius 3 is 2.68 bits per heavy atom. The average molecular weight is 278 g/mol. The fraction of sp³-hybridized carbons (Fsp3) is 0.615. The van der Waals surface area contributed by atoms with Gasteiger partial charge in [-0.05, 0) is 25.1 Å². The number of hydrogen-bond acceptors (Lipinski definition) is 4. The summed E-state index contributed by atoms with van der Waals surface area (Å²) in [7, 11) is 1.61. The van der Waals surface area contributed by atoms with Gasteiger partial charge < -0.3 is 9.72 Å². The Morgan fingerprint density at radius 2 is 2.00 bits per heavy atom. The summed E-state index contributed by atoms with van der Waals surface area (Å²) in [6.45, 7) is 0. The molecule has 5 nitrogen and oxygen atoms in total. The Hall–Kier alpha value is -1.43. The van der Waals surface area contributed by atoms with Gasteiger partial charge in [-0.15, -0.1) is 0 Å². The lowest BCUT2D eigenvalue weighted by molar-refractivity contribution is 0.401. The van der Waals surface area contributed by atoms with Crippen molar-refractivity contribution < 1.29 is 4.74 Å². The van der Waals surface area contributed by atoms with E-state index in [9.17, 15) is 0 Å². The first kappa shape index (κ1) is 12.6. The molecule has 0 saturated heterocycles. The van der Waals surface area contributed by atoms with Crippen LogP contribution in [0.4, 0.5) is 0 Å². The first-order valence-corrected chi connectivity index (χ1v) is 7.21. The first-order chi connectivity index (χ1) is 9.31. The molecule has 1 N–H and O–H groups in total. The van der Waals surface area contributed by atoms with Crippen molar-refractivity contribution in [2.75, 3.05) is 7.11 Å². The number of ether oxygens (including phenoxy) is 1. The van der Waals surface area contributed by atoms with Crippen molar-refractivity contribution in [3.8, 4) is 5.88 Å². The second kappa shape index (κ2) is 5.28. The van der Waals surface area contributed by atoms with E-state index >= 15 is 0 Å². The predicted molar refractivity (Wildman–Crippen MR) is 76.0 cm³/mol. The summed E-state index contributed by atoms with van der Waals surface area (Å²) in [4.78, 5) is 11.7. The highest BCUT2D eigenvalue weighted by Crippen LogP contribution is 2.31. The second-order valence-electron chi connectivity index (χ2n) is 5.03. The van der Waals surface area contributed by atoms with Crippen LogP contribution in [0, 0.1) is 4.77 Å². The Kier molecular flexibility index (Phi) is 3.50. The first-order valence-electron chi connectivity index (χ1n) is 6.80. The lowest BCUT2D eigenvalue weighted by Gasteiger charge is -2.16. The zero-order valence-electron chi connectivity index (χ0n) is 11.1. The number of aromatic amines is 1. The third kappa shape index (κ3) is 2.25. The van der Waals surface area contributed by atoms with Gasteiger partial charge in [-0.2, -0.15) is 4.98 Å². The number of nitrogens with one attached hydrogen (secondary N) is 1. The maximum absolute atomic E-state index is 5.47. The number of methoxy groups -OCH3 is 1. The molecule has 3 rings (SSSR count). The van der Waals surface area contributed by atoms with Crippen molar-refractivity contribution in [1.82, 2.24) is 19.5 Å². The van der Waals surface area contributed by atoms with Crippen LogP contribution in [-0.2, 0) is 0 Å². The molecule has 1 aliphatic carbocycles. The molecule has 1 fully saturated rings. The van der Waals surface area contributed by atoms with Crippen molar-refractivity contribution in [1.29, 1.82) is 0 Å². The summed E-state index contributed by atoms with van der Waals surface area (Å²) >= 11 is 5.47. The SMILES string of the molecule is COc1ncnc2c1[nH]c(=S)n2C1CCCCCC1. The van der Waals surface area contributed by atoms with Gasteiger partial charge in [0.15, 0.2) is 10.4 Å². The van der Waals surface area contributed by atoms with Crippen LogP contribution in [0.15, 0.2) is 6.33 Å². The summed E-state index contributed by atoms with van der Waals surface area (Å²) in [5.41, 5.74) is 1.67. The van der Waals surface area contributed by atoms with Gasteiger partial charge in [-0.3, -0.25) is 4.57 Å². The Balaban J connectivity index is 2.12. The molecule has 2 aromatic rings. The molecule has 6 heteroatoms. The minimum atomic E-state index is 0.448. The fourth-order valence-electron chi connectivity index (χ4n) is 2.93. The van der Waals surface area contributed by atoms with Gasteiger partial charge in [0.25, 0.3) is 0 Å². The van der Waals surface area contributed by atoms with E-state index in [0.717, 1.165) is 15.9 Å². The highest BCUT2D eigenvalue weighted by molar-refractivity contribution is 7.71. The molecule has 0 atom stereocenters. The monoisotopic (exact) mass is 278 g/mol. The molecule has 1 saturated carbocycles. The number of fused-ring (bicyclic) bond motifs is 1. The van der Waals surface area contributed by atoms with E-state index in [2.05, 4.69) is 19.5 Å². The van der Waals surface area contributed by atoms with Gasteiger partial charge in [0.05, 0.1) is 7.11 Å². The van der Waals surface area contributed by atoms with Crippen LogP contribution >= 0.6 is 12.2 Å². The van der Waals surface area contributed by atoms with Crippen molar-refractivity contribution in [3.05, 3.63) is 11.1 Å². The van der Waals surface area contributed by atoms with Crippen molar-refractivity contribution in [3.63, 3.8) is 0 Å². The molecular formula is C13H18N4OS. The van der Waals surface area contributed by atoms with E-state index in [1.165, 1.54) is 44.9 Å². The van der Waals surface area contributed by atoms with E-state index in [4.69, 9.17) is 17.0 Å². The molecule has 0 aliphatic heterocycles. The van der Waals surface area contributed by atoms with Gasteiger partial charge in [0.2, 0.25) is 5.88 Å². The zero-order valence-corrected chi connectivity index (χ0v) is 11.9. The standard InChI is InChI=1S/C13H18N4OS/c1-18-12-10-11(14-8-15-12)17(13(19)16-10)9-6-4-2-3-5-7-9/h8-9H,2-7H2,1H3,(H,16,19). The number of nitrogens with zero attached hydrogens (tertiary/aromatic N) is 3. The van der Waals surface area contributed by atoms with E-state index in [1.54, 1.807) is 7.11 Å². The topological polar surface area (TPSA) is 55.7 Å². The predicted octanol–water partition coefficient (Wildman–Crippen LogP) is 3.39. The van der Waals surface area contributed by atoms with Crippen LogP contribution in [-0.4, -0.2) is 26.6 Å². The lowest BCUT2D eigenvalue weighted by Crippen LogP contribution is -2.09. The Labute approximate surface area is 117 Å². The van der Waals surface area contributed by atoms with Gasteiger partial charge in [0, 0.05) is 6.04 Å². The van der Waals surface area contributed by atoms with Gasteiger partial charge in [-0.25, -0.2) is 4.98 Å². The van der Waals surface area contributed by atoms with E-state index in [1.807, 2.05) is 0 Å². The Bertz CT molecular complexity index is 625. The second-order valence-corrected chi connectivity index (χ2v) is 5.41. The van der Waals surface area contributed by atoms with E-state index < -0.39 is 0 Å². The maximum Gasteiger partial charge on any atom is 0.242 e. The summed E-state index contributed by atoms with van der Waals surface area (Å²) in [6.07, 6.45) is 9.07.